The number of hydrogen-bond donors (Lipinski definition) is 1. The van der Waals surface area contributed by atoms with Gasteiger partial charge in [-0.25, -0.2) is 8.78 Å². The number of alkyl halides is 5. The minimum absolute atomic E-state index is 0.00841. The lowest BCUT2D eigenvalue weighted by Crippen LogP contribution is -2.50. The number of benzene rings is 2. The number of carbonyl (C=O) groups excluding carboxylic acids is 2. The highest BCUT2D eigenvalue weighted by atomic mass is 19.4. The zero-order valence-electron chi connectivity index (χ0n) is 21.1. The van der Waals surface area contributed by atoms with Crippen LogP contribution in [0.5, 0.6) is 0 Å². The van der Waals surface area contributed by atoms with Gasteiger partial charge in [-0.15, -0.1) is 0 Å². The summed E-state index contributed by atoms with van der Waals surface area (Å²) in [5, 5.41) is 11.7. The zero-order valence-corrected chi connectivity index (χ0v) is 21.1. The summed E-state index contributed by atoms with van der Waals surface area (Å²) >= 11 is 0. The molecule has 2 aromatic rings. The average Bonchev–Trinajstić information content (AvgIpc) is 3.29. The highest BCUT2D eigenvalue weighted by molar-refractivity contribution is 6.08. The molecule has 2 heterocycles. The molecule has 2 fully saturated rings. The Labute approximate surface area is 217 Å². The fourth-order valence-corrected chi connectivity index (χ4v) is 5.44. The van der Waals surface area contributed by atoms with Gasteiger partial charge in [0, 0.05) is 37.4 Å². The second kappa shape index (κ2) is 9.66. The van der Waals surface area contributed by atoms with E-state index in [0.29, 0.717) is 17.8 Å². The van der Waals surface area contributed by atoms with E-state index in [2.05, 4.69) is 5.32 Å². The summed E-state index contributed by atoms with van der Waals surface area (Å²) in [6.45, 7) is 4.25. The van der Waals surface area contributed by atoms with E-state index in [0.717, 1.165) is 17.2 Å². The van der Waals surface area contributed by atoms with Gasteiger partial charge < -0.3 is 10.2 Å². The maximum absolute atomic E-state index is 14.0. The predicted octanol–water partition coefficient (Wildman–Crippen LogP) is 5.14. The summed E-state index contributed by atoms with van der Waals surface area (Å²) in [7, 11) is 0. The second-order valence-corrected chi connectivity index (χ2v) is 10.2. The van der Waals surface area contributed by atoms with Crippen molar-refractivity contribution in [2.75, 3.05) is 36.4 Å². The van der Waals surface area contributed by atoms with E-state index in [1.165, 1.54) is 16.7 Å². The normalized spacial score (nSPS) is 23.5. The number of likely N-dealkylation sites (tertiary alicyclic amines) is 1. The number of rotatable bonds is 5. The largest absolute Gasteiger partial charge is 0.416 e. The van der Waals surface area contributed by atoms with E-state index in [9.17, 15) is 36.8 Å². The molecule has 2 aromatic carbocycles. The smallest absolute Gasteiger partial charge is 0.325 e. The first-order valence-corrected chi connectivity index (χ1v) is 12.1. The van der Waals surface area contributed by atoms with Gasteiger partial charge in [0.1, 0.15) is 0 Å². The second-order valence-electron chi connectivity index (χ2n) is 10.2. The Hall–Kier alpha value is -3.52. The van der Waals surface area contributed by atoms with Crippen LogP contribution in [0.15, 0.2) is 36.4 Å². The number of halogens is 5. The lowest BCUT2D eigenvalue weighted by atomic mass is 9.77. The molecule has 0 spiro atoms. The number of amides is 2. The number of carbonyl (C=O) groups is 2. The molecule has 0 radical (unpaired) electrons. The van der Waals surface area contributed by atoms with Gasteiger partial charge in [-0.2, -0.15) is 18.4 Å². The highest BCUT2D eigenvalue weighted by Gasteiger charge is 2.57. The van der Waals surface area contributed by atoms with Crippen LogP contribution in [0.25, 0.3) is 0 Å². The zero-order chi connectivity index (χ0) is 28.0. The Morgan fingerprint density at radius 1 is 1.16 bits per heavy atom. The van der Waals surface area contributed by atoms with Crippen molar-refractivity contribution in [3.05, 3.63) is 58.7 Å². The molecule has 2 aliphatic heterocycles. The van der Waals surface area contributed by atoms with Crippen LogP contribution < -0.4 is 10.2 Å². The van der Waals surface area contributed by atoms with Crippen LogP contribution in [0.3, 0.4) is 0 Å². The quantitative estimate of drug-likeness (QED) is 0.539. The van der Waals surface area contributed by atoms with Crippen molar-refractivity contribution >= 4 is 23.2 Å². The molecule has 2 amide bonds. The monoisotopic (exact) mass is 534 g/mol. The Kier molecular flexibility index (Phi) is 6.99. The molecule has 0 aliphatic carbocycles. The Morgan fingerprint density at radius 3 is 2.37 bits per heavy atom. The number of anilines is 2. The third kappa shape index (κ3) is 5.10. The number of nitrogens with zero attached hydrogens (tertiary/aromatic N) is 3. The maximum Gasteiger partial charge on any atom is 0.416 e. The first-order chi connectivity index (χ1) is 17.7. The fraction of sp³-hybridized carbons (Fsp3) is 0.444. The molecule has 2 saturated heterocycles. The van der Waals surface area contributed by atoms with E-state index in [-0.39, 0.29) is 36.8 Å². The fourth-order valence-electron chi connectivity index (χ4n) is 5.44. The van der Waals surface area contributed by atoms with Crippen molar-refractivity contribution < 1.29 is 31.5 Å². The SMILES string of the molecule is Cc1cccc(C)c1N1CC(CN2CCC(F)(F)C2)(C(=O)Nc2cc(C#N)cc(C(F)(F)F)c2)C(C)C1=O. The van der Waals surface area contributed by atoms with Crippen molar-refractivity contribution in [3.8, 4) is 6.07 Å². The van der Waals surface area contributed by atoms with E-state index in [4.69, 9.17) is 0 Å². The van der Waals surface area contributed by atoms with Crippen LogP contribution in [-0.2, 0) is 15.8 Å². The van der Waals surface area contributed by atoms with Crippen molar-refractivity contribution in [2.45, 2.75) is 39.3 Å². The topological polar surface area (TPSA) is 76.4 Å². The number of para-hydroxylation sites is 1. The molecule has 1 N–H and O–H groups in total. The van der Waals surface area contributed by atoms with Crippen LogP contribution >= 0.6 is 0 Å². The Balaban J connectivity index is 1.75. The lowest BCUT2D eigenvalue weighted by molar-refractivity contribution is -0.137. The molecule has 6 nitrogen and oxygen atoms in total. The highest BCUT2D eigenvalue weighted by Crippen LogP contribution is 2.44. The summed E-state index contributed by atoms with van der Waals surface area (Å²) in [6.07, 6.45) is -5.16. The first-order valence-electron chi connectivity index (χ1n) is 12.1. The summed E-state index contributed by atoms with van der Waals surface area (Å²) in [5.74, 6) is -5.06. The van der Waals surface area contributed by atoms with Gasteiger partial charge >= 0.3 is 6.18 Å². The predicted molar refractivity (Wildman–Crippen MR) is 131 cm³/mol. The number of nitriles is 1. The van der Waals surface area contributed by atoms with Crippen molar-refractivity contribution in [2.24, 2.45) is 11.3 Å². The lowest BCUT2D eigenvalue weighted by Gasteiger charge is -2.34. The standard InChI is InChI=1S/C27H27F5N4O2/c1-16-5-4-6-17(2)22(16)36-14-25(18(3)23(36)37,13-35-8-7-26(28,29)15-35)24(38)34-21-10-19(12-33)9-20(11-21)27(30,31)32/h4-6,9-11,18H,7-8,13-15H2,1-3H3,(H,34,38). The summed E-state index contributed by atoms with van der Waals surface area (Å²) in [6, 6.07) is 9.59. The van der Waals surface area contributed by atoms with Crippen LogP contribution in [0.1, 0.15) is 35.6 Å². The third-order valence-corrected chi connectivity index (χ3v) is 7.47. The maximum atomic E-state index is 14.0. The van der Waals surface area contributed by atoms with E-state index in [1.807, 2.05) is 32.0 Å². The van der Waals surface area contributed by atoms with E-state index >= 15 is 0 Å². The van der Waals surface area contributed by atoms with Gasteiger partial charge in [0.2, 0.25) is 11.8 Å². The number of hydrogen-bond acceptors (Lipinski definition) is 4. The Bertz CT molecular complexity index is 1300. The average molecular weight is 535 g/mol. The summed E-state index contributed by atoms with van der Waals surface area (Å²) in [5.41, 5.74) is -1.07. The van der Waals surface area contributed by atoms with Crippen molar-refractivity contribution in [1.29, 1.82) is 5.26 Å². The van der Waals surface area contributed by atoms with Crippen LogP contribution in [0.4, 0.5) is 33.3 Å². The van der Waals surface area contributed by atoms with Gasteiger partial charge in [-0.3, -0.25) is 14.5 Å². The molecule has 2 atom stereocenters. The summed E-state index contributed by atoms with van der Waals surface area (Å²) < 4.78 is 68.3. The molecule has 4 rings (SSSR count). The minimum Gasteiger partial charge on any atom is -0.325 e. The molecule has 11 heteroatoms. The van der Waals surface area contributed by atoms with Gasteiger partial charge in [0.15, 0.2) is 0 Å². The molecule has 2 aliphatic rings. The molecule has 38 heavy (non-hydrogen) atoms. The molecule has 0 aromatic heterocycles. The van der Waals surface area contributed by atoms with E-state index < -0.39 is 47.9 Å². The molecular formula is C27H27F5N4O2. The molecular weight excluding hydrogens is 507 g/mol. The summed E-state index contributed by atoms with van der Waals surface area (Å²) in [4.78, 5) is 30.3. The van der Waals surface area contributed by atoms with Crippen molar-refractivity contribution in [1.82, 2.24) is 4.90 Å². The van der Waals surface area contributed by atoms with Gasteiger partial charge in [0.05, 0.1) is 35.1 Å². The minimum atomic E-state index is -4.76. The molecule has 0 saturated carbocycles. The van der Waals surface area contributed by atoms with Gasteiger partial charge in [-0.1, -0.05) is 25.1 Å². The number of aryl methyl sites for hydroxylation is 2. The Morgan fingerprint density at radius 2 is 1.82 bits per heavy atom. The molecule has 0 bridgehead atoms. The van der Waals surface area contributed by atoms with Crippen LogP contribution in [0, 0.1) is 36.5 Å². The molecule has 2 unspecified atom stereocenters. The van der Waals surface area contributed by atoms with Gasteiger partial charge in [0.25, 0.3) is 5.92 Å². The van der Waals surface area contributed by atoms with Crippen LogP contribution in [0.2, 0.25) is 0 Å². The molecule has 202 valence electrons. The number of nitrogens with one attached hydrogen (secondary N) is 1. The van der Waals surface area contributed by atoms with Gasteiger partial charge in [-0.05, 0) is 43.2 Å². The van der Waals surface area contributed by atoms with E-state index in [1.54, 1.807) is 6.07 Å². The third-order valence-electron chi connectivity index (χ3n) is 7.47. The first kappa shape index (κ1) is 27.5. The van der Waals surface area contributed by atoms with Crippen LogP contribution in [-0.4, -0.2) is 48.8 Å². The van der Waals surface area contributed by atoms with Crippen molar-refractivity contribution in [3.63, 3.8) is 0 Å².